The normalized spacial score (nSPS) is 10.2. The molecule has 2 amide bonds. The number of nitrogens with one attached hydrogen (secondary N) is 2. The Balaban J connectivity index is 1.83. The summed E-state index contributed by atoms with van der Waals surface area (Å²) in [4.78, 5) is 27.4. The molecule has 1 aromatic carbocycles. The van der Waals surface area contributed by atoms with Crippen LogP contribution in [0.1, 0.15) is 11.1 Å². The standard InChI is InChI=1S/C15H18N4O2/c1-11-3-5-13(6-4-11)18-15(21)17-7-8-19-10-16-9-12(2)14(19)20/h3-6,9-10H,7-8H2,1-2H3,(H2,17,18,21). The largest absolute Gasteiger partial charge is 0.336 e. The van der Waals surface area contributed by atoms with Gasteiger partial charge in [0.15, 0.2) is 0 Å². The summed E-state index contributed by atoms with van der Waals surface area (Å²) in [5.41, 5.74) is 2.35. The lowest BCUT2D eigenvalue weighted by Crippen LogP contribution is -2.34. The fourth-order valence-corrected chi connectivity index (χ4v) is 1.82. The van der Waals surface area contributed by atoms with Crippen LogP contribution in [0.15, 0.2) is 41.6 Å². The summed E-state index contributed by atoms with van der Waals surface area (Å²) >= 11 is 0. The molecular weight excluding hydrogens is 268 g/mol. The number of nitrogens with zero attached hydrogens (tertiary/aromatic N) is 2. The van der Waals surface area contributed by atoms with E-state index in [1.165, 1.54) is 17.1 Å². The monoisotopic (exact) mass is 286 g/mol. The van der Waals surface area contributed by atoms with E-state index in [9.17, 15) is 9.59 Å². The number of hydrogen-bond donors (Lipinski definition) is 2. The lowest BCUT2D eigenvalue weighted by Gasteiger charge is -2.09. The van der Waals surface area contributed by atoms with Gasteiger partial charge in [-0.3, -0.25) is 9.36 Å². The van der Waals surface area contributed by atoms with Gasteiger partial charge in [0.1, 0.15) is 0 Å². The van der Waals surface area contributed by atoms with Gasteiger partial charge in [-0.2, -0.15) is 0 Å². The molecule has 0 atom stereocenters. The molecule has 0 spiro atoms. The average Bonchev–Trinajstić information content (AvgIpc) is 2.46. The second-order valence-electron chi connectivity index (χ2n) is 4.82. The van der Waals surface area contributed by atoms with Crippen molar-refractivity contribution in [2.45, 2.75) is 20.4 Å². The topological polar surface area (TPSA) is 76.0 Å². The predicted molar refractivity (Wildman–Crippen MR) is 81.4 cm³/mol. The Morgan fingerprint density at radius 3 is 2.67 bits per heavy atom. The molecule has 0 aliphatic carbocycles. The Bertz CT molecular complexity index is 677. The van der Waals surface area contributed by atoms with E-state index in [-0.39, 0.29) is 11.6 Å². The lowest BCUT2D eigenvalue weighted by molar-refractivity contribution is 0.251. The van der Waals surface area contributed by atoms with Crippen LogP contribution in [0.2, 0.25) is 0 Å². The fourth-order valence-electron chi connectivity index (χ4n) is 1.82. The average molecular weight is 286 g/mol. The zero-order valence-corrected chi connectivity index (χ0v) is 12.1. The third kappa shape index (κ3) is 4.17. The Morgan fingerprint density at radius 1 is 1.24 bits per heavy atom. The van der Waals surface area contributed by atoms with Crippen molar-refractivity contribution in [1.29, 1.82) is 0 Å². The second-order valence-corrected chi connectivity index (χ2v) is 4.82. The Kier molecular flexibility index (Phi) is 4.71. The van der Waals surface area contributed by atoms with Gasteiger partial charge >= 0.3 is 6.03 Å². The number of hydrogen-bond acceptors (Lipinski definition) is 3. The summed E-state index contributed by atoms with van der Waals surface area (Å²) in [6.45, 7) is 4.43. The van der Waals surface area contributed by atoms with Crippen molar-refractivity contribution in [1.82, 2.24) is 14.9 Å². The predicted octanol–water partition coefficient (Wildman–Crippen LogP) is 1.68. The van der Waals surface area contributed by atoms with E-state index in [1.807, 2.05) is 31.2 Å². The molecule has 0 aliphatic heterocycles. The van der Waals surface area contributed by atoms with Gasteiger partial charge in [0.05, 0.1) is 6.33 Å². The first-order valence-electron chi connectivity index (χ1n) is 6.69. The number of anilines is 1. The van der Waals surface area contributed by atoms with Crippen LogP contribution in [0.4, 0.5) is 10.5 Å². The van der Waals surface area contributed by atoms with Crippen LogP contribution in [-0.2, 0) is 6.54 Å². The Labute approximate surface area is 122 Å². The number of carbonyl (C=O) groups is 1. The molecule has 1 heterocycles. The Morgan fingerprint density at radius 2 is 1.95 bits per heavy atom. The van der Waals surface area contributed by atoms with Gasteiger partial charge in [-0.25, -0.2) is 9.78 Å². The minimum atomic E-state index is -0.299. The zero-order valence-electron chi connectivity index (χ0n) is 12.1. The van der Waals surface area contributed by atoms with Gasteiger partial charge in [-0.15, -0.1) is 0 Å². The molecular formula is C15H18N4O2. The summed E-state index contributed by atoms with van der Waals surface area (Å²) in [6, 6.07) is 7.22. The van der Waals surface area contributed by atoms with E-state index >= 15 is 0 Å². The minimum absolute atomic E-state index is 0.0919. The molecule has 0 fully saturated rings. The minimum Gasteiger partial charge on any atom is -0.336 e. The molecule has 0 aliphatic rings. The van der Waals surface area contributed by atoms with E-state index < -0.39 is 0 Å². The number of aryl methyl sites for hydroxylation is 2. The summed E-state index contributed by atoms with van der Waals surface area (Å²) in [6.07, 6.45) is 2.99. The molecule has 2 N–H and O–H groups in total. The first-order chi connectivity index (χ1) is 10.1. The first-order valence-corrected chi connectivity index (χ1v) is 6.69. The van der Waals surface area contributed by atoms with E-state index in [0.29, 0.717) is 18.7 Å². The van der Waals surface area contributed by atoms with Crippen molar-refractivity contribution in [3.8, 4) is 0 Å². The summed E-state index contributed by atoms with van der Waals surface area (Å²) in [5, 5.41) is 5.43. The van der Waals surface area contributed by atoms with Gasteiger partial charge in [-0.05, 0) is 26.0 Å². The van der Waals surface area contributed by atoms with Crippen LogP contribution in [-0.4, -0.2) is 22.1 Å². The molecule has 0 radical (unpaired) electrons. The summed E-state index contributed by atoms with van der Waals surface area (Å²) < 4.78 is 1.47. The molecule has 6 heteroatoms. The number of aromatic nitrogens is 2. The maximum absolute atomic E-state index is 11.8. The molecule has 1 aromatic heterocycles. The van der Waals surface area contributed by atoms with Crippen molar-refractivity contribution in [3.05, 3.63) is 58.3 Å². The fraction of sp³-hybridized carbons (Fsp3) is 0.267. The first kappa shape index (κ1) is 14.8. The highest BCUT2D eigenvalue weighted by Gasteiger charge is 2.02. The third-order valence-corrected chi connectivity index (χ3v) is 3.02. The molecule has 6 nitrogen and oxygen atoms in total. The third-order valence-electron chi connectivity index (χ3n) is 3.02. The molecule has 0 bridgehead atoms. The maximum atomic E-state index is 11.8. The quantitative estimate of drug-likeness (QED) is 0.898. The SMILES string of the molecule is Cc1ccc(NC(=O)NCCn2cncc(C)c2=O)cc1. The molecule has 21 heavy (non-hydrogen) atoms. The van der Waals surface area contributed by atoms with Gasteiger partial charge in [-0.1, -0.05) is 17.7 Å². The highest BCUT2D eigenvalue weighted by Crippen LogP contribution is 2.07. The highest BCUT2D eigenvalue weighted by molar-refractivity contribution is 5.89. The van der Waals surface area contributed by atoms with Crippen molar-refractivity contribution < 1.29 is 4.79 Å². The maximum Gasteiger partial charge on any atom is 0.319 e. The number of carbonyl (C=O) groups excluding carboxylic acids is 1. The Hall–Kier alpha value is -2.63. The number of rotatable bonds is 4. The molecule has 0 saturated heterocycles. The smallest absolute Gasteiger partial charge is 0.319 e. The van der Waals surface area contributed by atoms with Crippen LogP contribution in [0.3, 0.4) is 0 Å². The molecule has 2 rings (SSSR count). The van der Waals surface area contributed by atoms with E-state index in [4.69, 9.17) is 0 Å². The second kappa shape index (κ2) is 6.69. The summed E-state index contributed by atoms with van der Waals surface area (Å²) in [7, 11) is 0. The molecule has 110 valence electrons. The number of amides is 2. The zero-order chi connectivity index (χ0) is 15.2. The lowest BCUT2D eigenvalue weighted by atomic mass is 10.2. The number of benzene rings is 1. The summed E-state index contributed by atoms with van der Waals surface area (Å²) in [5.74, 6) is 0. The van der Waals surface area contributed by atoms with Gasteiger partial charge < -0.3 is 10.6 Å². The van der Waals surface area contributed by atoms with Crippen LogP contribution in [0.5, 0.6) is 0 Å². The van der Waals surface area contributed by atoms with Crippen LogP contribution in [0, 0.1) is 13.8 Å². The highest BCUT2D eigenvalue weighted by atomic mass is 16.2. The van der Waals surface area contributed by atoms with Crippen molar-refractivity contribution in [2.24, 2.45) is 0 Å². The molecule has 0 unspecified atom stereocenters. The van der Waals surface area contributed by atoms with Gasteiger partial charge in [0.25, 0.3) is 5.56 Å². The van der Waals surface area contributed by atoms with Crippen LogP contribution >= 0.6 is 0 Å². The van der Waals surface area contributed by atoms with Crippen molar-refractivity contribution in [3.63, 3.8) is 0 Å². The van der Waals surface area contributed by atoms with Gasteiger partial charge in [0.2, 0.25) is 0 Å². The van der Waals surface area contributed by atoms with E-state index in [2.05, 4.69) is 15.6 Å². The van der Waals surface area contributed by atoms with E-state index in [0.717, 1.165) is 11.3 Å². The van der Waals surface area contributed by atoms with Crippen LogP contribution < -0.4 is 16.2 Å². The number of urea groups is 1. The van der Waals surface area contributed by atoms with Gasteiger partial charge in [0, 0.05) is 30.5 Å². The molecule has 0 saturated carbocycles. The van der Waals surface area contributed by atoms with E-state index in [1.54, 1.807) is 6.92 Å². The van der Waals surface area contributed by atoms with Crippen molar-refractivity contribution in [2.75, 3.05) is 11.9 Å². The van der Waals surface area contributed by atoms with Crippen LogP contribution in [0.25, 0.3) is 0 Å². The van der Waals surface area contributed by atoms with Crippen molar-refractivity contribution >= 4 is 11.7 Å². The molecule has 2 aromatic rings.